The average Bonchev–Trinajstić information content (AvgIpc) is 2.38. The van der Waals surface area contributed by atoms with Crippen LogP contribution in [0, 0.1) is 11.8 Å². The molecule has 0 unspecified atom stereocenters. The number of nitrogens with zero attached hydrogens (tertiary/aromatic N) is 1. The van der Waals surface area contributed by atoms with Crippen LogP contribution >= 0.6 is 0 Å². The van der Waals surface area contributed by atoms with Gasteiger partial charge in [-0.05, 0) is 52.6 Å². The Bertz CT molecular complexity index is 511. The maximum absolute atomic E-state index is 6.17. The molecular weight excluding hydrogens is 258 g/mol. The Kier molecular flexibility index (Phi) is 5.08. The minimum atomic E-state index is -0.282. The second-order valence-electron chi connectivity index (χ2n) is 6.91. The molecule has 0 saturated carbocycles. The second kappa shape index (κ2) is 6.64. The van der Waals surface area contributed by atoms with Gasteiger partial charge in [0, 0.05) is 6.54 Å². The second-order valence-corrected chi connectivity index (χ2v) is 6.91. The summed E-state index contributed by atoms with van der Waals surface area (Å²) in [5, 5.41) is 0. The number of hydrogen-bond donors (Lipinski definition) is 0. The fourth-order valence-electron chi connectivity index (χ4n) is 2.96. The van der Waals surface area contributed by atoms with Crippen molar-refractivity contribution in [3.05, 3.63) is 35.9 Å². The minimum absolute atomic E-state index is 0.0440. The number of benzene rings is 1. The zero-order valence-electron chi connectivity index (χ0n) is 13.8. The third kappa shape index (κ3) is 5.19. The standard InChI is InChI=1S/C19H27NO/c1-18(2)12-8-13-19(3,21-18)14-9-15-20(4)16-17-10-6-5-7-11-17/h5-7,10-11H,8,12-13,15-16H2,1-4H3/t19-/m0/s1. The predicted molar refractivity (Wildman–Crippen MR) is 88.0 cm³/mol. The Morgan fingerprint density at radius 3 is 2.52 bits per heavy atom. The summed E-state index contributed by atoms with van der Waals surface area (Å²) in [6, 6.07) is 10.5. The zero-order chi connectivity index (χ0) is 15.3. The number of ether oxygens (including phenoxy) is 1. The number of hydrogen-bond acceptors (Lipinski definition) is 2. The van der Waals surface area contributed by atoms with E-state index in [0.717, 1.165) is 25.9 Å². The molecule has 1 aromatic rings. The van der Waals surface area contributed by atoms with E-state index in [2.05, 4.69) is 68.8 Å². The Labute approximate surface area is 129 Å². The van der Waals surface area contributed by atoms with Crippen molar-refractivity contribution in [3.8, 4) is 11.8 Å². The van der Waals surface area contributed by atoms with E-state index in [0.29, 0.717) is 0 Å². The van der Waals surface area contributed by atoms with Crippen LogP contribution in [0.4, 0.5) is 0 Å². The van der Waals surface area contributed by atoms with E-state index in [-0.39, 0.29) is 11.2 Å². The SMILES string of the molecule is CN(CC#C[C@]1(C)CCCC(C)(C)O1)Cc1ccccc1. The van der Waals surface area contributed by atoms with Crippen molar-refractivity contribution in [1.29, 1.82) is 0 Å². The molecule has 0 radical (unpaired) electrons. The van der Waals surface area contributed by atoms with Crippen LogP contribution in [0.3, 0.4) is 0 Å². The van der Waals surface area contributed by atoms with Crippen molar-refractivity contribution in [2.75, 3.05) is 13.6 Å². The highest BCUT2D eigenvalue weighted by Gasteiger charge is 2.35. The summed E-state index contributed by atoms with van der Waals surface area (Å²) in [5.41, 5.74) is 0.996. The van der Waals surface area contributed by atoms with Gasteiger partial charge in [-0.25, -0.2) is 0 Å². The molecule has 21 heavy (non-hydrogen) atoms. The summed E-state index contributed by atoms with van der Waals surface area (Å²) in [4.78, 5) is 2.24. The van der Waals surface area contributed by atoms with E-state index in [1.165, 1.54) is 12.0 Å². The quantitative estimate of drug-likeness (QED) is 0.782. The first kappa shape index (κ1) is 16.1. The monoisotopic (exact) mass is 285 g/mol. The van der Waals surface area contributed by atoms with E-state index in [9.17, 15) is 0 Å². The van der Waals surface area contributed by atoms with Crippen LogP contribution in [-0.4, -0.2) is 29.7 Å². The summed E-state index contributed by atoms with van der Waals surface area (Å²) in [7, 11) is 2.11. The zero-order valence-corrected chi connectivity index (χ0v) is 13.8. The molecule has 2 heteroatoms. The van der Waals surface area contributed by atoms with Gasteiger partial charge in [-0.1, -0.05) is 42.2 Å². The van der Waals surface area contributed by atoms with Crippen LogP contribution in [0.25, 0.3) is 0 Å². The molecule has 0 N–H and O–H groups in total. The van der Waals surface area contributed by atoms with E-state index < -0.39 is 0 Å². The summed E-state index contributed by atoms with van der Waals surface area (Å²) in [6.45, 7) is 8.15. The highest BCUT2D eigenvalue weighted by atomic mass is 16.5. The third-order valence-electron chi connectivity index (χ3n) is 3.93. The molecule has 1 aromatic carbocycles. The Balaban J connectivity index is 1.88. The van der Waals surface area contributed by atoms with Gasteiger partial charge in [-0.2, -0.15) is 0 Å². The molecule has 1 atom stereocenters. The van der Waals surface area contributed by atoms with Crippen molar-refractivity contribution >= 4 is 0 Å². The third-order valence-corrected chi connectivity index (χ3v) is 3.93. The van der Waals surface area contributed by atoms with Crippen molar-refractivity contribution < 1.29 is 4.74 Å². The minimum Gasteiger partial charge on any atom is -0.357 e. The topological polar surface area (TPSA) is 12.5 Å². The maximum Gasteiger partial charge on any atom is 0.126 e. The Morgan fingerprint density at radius 2 is 1.86 bits per heavy atom. The van der Waals surface area contributed by atoms with E-state index in [1.54, 1.807) is 0 Å². The van der Waals surface area contributed by atoms with Crippen molar-refractivity contribution in [2.24, 2.45) is 0 Å². The molecule has 0 spiro atoms. The highest BCUT2D eigenvalue weighted by molar-refractivity contribution is 5.17. The number of rotatable bonds is 3. The van der Waals surface area contributed by atoms with Gasteiger partial charge >= 0.3 is 0 Å². The molecule has 1 aliphatic heterocycles. The molecule has 1 fully saturated rings. The van der Waals surface area contributed by atoms with E-state index >= 15 is 0 Å². The van der Waals surface area contributed by atoms with Gasteiger partial charge in [0.25, 0.3) is 0 Å². The molecule has 1 aliphatic rings. The molecule has 1 heterocycles. The van der Waals surface area contributed by atoms with Crippen molar-refractivity contribution in [3.63, 3.8) is 0 Å². The van der Waals surface area contributed by atoms with Crippen LogP contribution in [0.2, 0.25) is 0 Å². The molecule has 0 amide bonds. The van der Waals surface area contributed by atoms with E-state index in [4.69, 9.17) is 4.74 Å². The Morgan fingerprint density at radius 1 is 1.14 bits per heavy atom. The Hall–Kier alpha value is -1.30. The normalized spacial score (nSPS) is 24.4. The first-order valence-electron chi connectivity index (χ1n) is 7.81. The maximum atomic E-state index is 6.17. The lowest BCUT2D eigenvalue weighted by Gasteiger charge is -2.40. The van der Waals surface area contributed by atoms with Crippen LogP contribution in [0.5, 0.6) is 0 Å². The van der Waals surface area contributed by atoms with Crippen LogP contribution in [-0.2, 0) is 11.3 Å². The summed E-state index contributed by atoms with van der Waals surface area (Å²) < 4.78 is 6.17. The summed E-state index contributed by atoms with van der Waals surface area (Å²) in [6.07, 6.45) is 3.35. The first-order valence-corrected chi connectivity index (χ1v) is 7.81. The van der Waals surface area contributed by atoms with Crippen LogP contribution in [0.1, 0.15) is 45.6 Å². The van der Waals surface area contributed by atoms with Crippen molar-refractivity contribution in [2.45, 2.75) is 57.8 Å². The molecule has 1 saturated heterocycles. The van der Waals surface area contributed by atoms with E-state index in [1.807, 2.05) is 6.07 Å². The van der Waals surface area contributed by atoms with Crippen LogP contribution < -0.4 is 0 Å². The predicted octanol–water partition coefficient (Wildman–Crippen LogP) is 3.86. The van der Waals surface area contributed by atoms with Gasteiger partial charge in [0.15, 0.2) is 0 Å². The van der Waals surface area contributed by atoms with Gasteiger partial charge in [0.05, 0.1) is 12.1 Å². The molecule has 0 aliphatic carbocycles. The van der Waals surface area contributed by atoms with Gasteiger partial charge in [0.2, 0.25) is 0 Å². The molecule has 0 bridgehead atoms. The highest BCUT2D eigenvalue weighted by Crippen LogP contribution is 2.34. The smallest absolute Gasteiger partial charge is 0.126 e. The fraction of sp³-hybridized carbons (Fsp3) is 0.579. The van der Waals surface area contributed by atoms with Gasteiger partial charge in [-0.3, -0.25) is 4.90 Å². The van der Waals surface area contributed by atoms with Gasteiger partial charge < -0.3 is 4.74 Å². The summed E-state index contributed by atoms with van der Waals surface area (Å²) in [5.74, 6) is 6.66. The largest absolute Gasteiger partial charge is 0.357 e. The van der Waals surface area contributed by atoms with Crippen molar-refractivity contribution in [1.82, 2.24) is 4.90 Å². The lowest BCUT2D eigenvalue weighted by atomic mass is 9.88. The lowest BCUT2D eigenvalue weighted by molar-refractivity contribution is -0.135. The molecule has 2 nitrogen and oxygen atoms in total. The lowest BCUT2D eigenvalue weighted by Crippen LogP contribution is -2.42. The van der Waals surface area contributed by atoms with Gasteiger partial charge in [-0.15, -0.1) is 0 Å². The molecular formula is C19H27NO. The molecule has 2 rings (SSSR count). The molecule has 0 aromatic heterocycles. The first-order chi connectivity index (χ1) is 9.89. The molecule has 114 valence electrons. The summed E-state index contributed by atoms with van der Waals surface area (Å²) >= 11 is 0. The average molecular weight is 285 g/mol. The van der Waals surface area contributed by atoms with Gasteiger partial charge in [0.1, 0.15) is 5.60 Å². The fourth-order valence-corrected chi connectivity index (χ4v) is 2.96. The van der Waals surface area contributed by atoms with Crippen LogP contribution in [0.15, 0.2) is 30.3 Å².